The van der Waals surface area contributed by atoms with Gasteiger partial charge in [0.05, 0.1) is 24.6 Å². The van der Waals surface area contributed by atoms with Crippen molar-refractivity contribution in [2.45, 2.75) is 0 Å². The van der Waals surface area contributed by atoms with Crippen LogP contribution in [0.1, 0.15) is 20.7 Å². The van der Waals surface area contributed by atoms with Crippen LogP contribution in [0.4, 0.5) is 5.82 Å². The Morgan fingerprint density at radius 3 is 2.42 bits per heavy atom. The molecule has 0 bridgehead atoms. The van der Waals surface area contributed by atoms with Gasteiger partial charge in [-0.3, -0.25) is 0 Å². The average molecular weight is 261 g/mol. The monoisotopic (exact) mass is 261 g/mol. The minimum atomic E-state index is -1.14. The second kappa shape index (κ2) is 4.81. The highest BCUT2D eigenvalue weighted by atomic mass is 16.5. The standard InChI is InChI=1S/C12H11N3O4/c1-19-12(18)7-2-4-8(5-3-7)15-10(13)9(6-14-15)11(16)17/h2-6H,13H2,1H3,(H,16,17). The highest BCUT2D eigenvalue weighted by molar-refractivity contribution is 5.93. The number of aromatic nitrogens is 2. The smallest absolute Gasteiger partial charge is 0.341 e. The Hall–Kier alpha value is -2.83. The normalized spacial score (nSPS) is 10.2. The zero-order chi connectivity index (χ0) is 14.0. The van der Waals surface area contributed by atoms with Crippen LogP contribution in [-0.4, -0.2) is 33.9 Å². The second-order valence-electron chi connectivity index (χ2n) is 3.70. The average Bonchev–Trinajstić information content (AvgIpc) is 2.80. The van der Waals surface area contributed by atoms with Gasteiger partial charge in [-0.1, -0.05) is 0 Å². The summed E-state index contributed by atoms with van der Waals surface area (Å²) in [7, 11) is 1.29. The van der Waals surface area contributed by atoms with Crippen LogP contribution in [0.25, 0.3) is 5.69 Å². The summed E-state index contributed by atoms with van der Waals surface area (Å²) in [5.41, 5.74) is 6.55. The molecule has 0 radical (unpaired) electrons. The first-order chi connectivity index (χ1) is 9.04. The number of hydrogen-bond acceptors (Lipinski definition) is 5. The predicted octanol–water partition coefficient (Wildman–Crippen LogP) is 0.939. The number of nitrogens with two attached hydrogens (primary N) is 1. The summed E-state index contributed by atoms with van der Waals surface area (Å²) in [6, 6.07) is 6.29. The van der Waals surface area contributed by atoms with Gasteiger partial charge in [-0.2, -0.15) is 5.10 Å². The van der Waals surface area contributed by atoms with Crippen LogP contribution in [-0.2, 0) is 4.74 Å². The number of anilines is 1. The Morgan fingerprint density at radius 2 is 1.95 bits per heavy atom. The van der Waals surface area contributed by atoms with Crippen LogP contribution in [0.3, 0.4) is 0 Å². The molecule has 1 heterocycles. The first-order valence-electron chi connectivity index (χ1n) is 5.30. The van der Waals surface area contributed by atoms with Crippen LogP contribution in [0.2, 0.25) is 0 Å². The summed E-state index contributed by atoms with van der Waals surface area (Å²) in [4.78, 5) is 22.1. The van der Waals surface area contributed by atoms with E-state index >= 15 is 0 Å². The number of nitrogens with zero attached hydrogens (tertiary/aromatic N) is 2. The number of carboxylic acid groups (broad SMARTS) is 1. The van der Waals surface area contributed by atoms with E-state index in [0.717, 1.165) is 0 Å². The molecule has 7 heteroatoms. The van der Waals surface area contributed by atoms with Gasteiger partial charge in [0, 0.05) is 0 Å². The molecule has 1 aromatic heterocycles. The van der Waals surface area contributed by atoms with Crippen molar-refractivity contribution in [3.63, 3.8) is 0 Å². The van der Waals surface area contributed by atoms with Crippen LogP contribution in [0.5, 0.6) is 0 Å². The topological polar surface area (TPSA) is 107 Å². The number of carbonyl (C=O) groups is 2. The number of aromatic carboxylic acids is 1. The van der Waals surface area contributed by atoms with Crippen molar-refractivity contribution in [1.82, 2.24) is 9.78 Å². The van der Waals surface area contributed by atoms with Gasteiger partial charge in [0.1, 0.15) is 11.4 Å². The van der Waals surface area contributed by atoms with Gasteiger partial charge in [0.25, 0.3) is 0 Å². The zero-order valence-electron chi connectivity index (χ0n) is 10.0. The minimum absolute atomic E-state index is 0.0262. The number of rotatable bonds is 3. The van der Waals surface area contributed by atoms with E-state index in [9.17, 15) is 9.59 Å². The number of ether oxygens (including phenoxy) is 1. The Bertz CT molecular complexity index is 631. The lowest BCUT2D eigenvalue weighted by Gasteiger charge is -2.05. The molecule has 98 valence electrons. The molecule has 0 aliphatic heterocycles. The molecule has 7 nitrogen and oxygen atoms in total. The minimum Gasteiger partial charge on any atom is -0.477 e. The lowest BCUT2D eigenvalue weighted by atomic mass is 10.2. The van der Waals surface area contributed by atoms with Crippen molar-refractivity contribution in [3.8, 4) is 5.69 Å². The van der Waals surface area contributed by atoms with Gasteiger partial charge in [-0.15, -0.1) is 0 Å². The maximum Gasteiger partial charge on any atom is 0.341 e. The van der Waals surface area contributed by atoms with E-state index in [2.05, 4.69) is 9.84 Å². The third-order valence-electron chi connectivity index (χ3n) is 2.57. The second-order valence-corrected chi connectivity index (χ2v) is 3.70. The molecule has 0 fully saturated rings. The largest absolute Gasteiger partial charge is 0.477 e. The summed E-state index contributed by atoms with van der Waals surface area (Å²) < 4.78 is 5.86. The Morgan fingerprint density at radius 1 is 1.32 bits per heavy atom. The SMILES string of the molecule is COC(=O)c1ccc(-n2ncc(C(=O)O)c2N)cc1. The molecule has 0 atom stereocenters. The first-order valence-corrected chi connectivity index (χ1v) is 5.30. The lowest BCUT2D eigenvalue weighted by molar-refractivity contribution is 0.0600. The molecule has 0 amide bonds. The third-order valence-corrected chi connectivity index (χ3v) is 2.57. The maximum absolute atomic E-state index is 11.3. The van der Waals surface area contributed by atoms with Gasteiger partial charge < -0.3 is 15.6 Å². The van der Waals surface area contributed by atoms with Gasteiger partial charge in [-0.25, -0.2) is 14.3 Å². The maximum atomic E-state index is 11.3. The Labute approximate surface area is 108 Å². The molecule has 0 saturated carbocycles. The lowest BCUT2D eigenvalue weighted by Crippen LogP contribution is -2.06. The molecule has 0 unspecified atom stereocenters. The van der Waals surface area contributed by atoms with Crippen molar-refractivity contribution in [2.24, 2.45) is 0 Å². The van der Waals surface area contributed by atoms with Crippen LogP contribution in [0.15, 0.2) is 30.5 Å². The van der Waals surface area contributed by atoms with Gasteiger partial charge in [0.2, 0.25) is 0 Å². The third kappa shape index (κ3) is 2.25. The number of benzene rings is 1. The van der Waals surface area contributed by atoms with E-state index in [4.69, 9.17) is 10.8 Å². The van der Waals surface area contributed by atoms with Crippen molar-refractivity contribution in [2.75, 3.05) is 12.8 Å². The molecule has 0 spiro atoms. The molecular formula is C12H11N3O4. The Balaban J connectivity index is 2.38. The molecule has 0 aliphatic carbocycles. The van der Waals surface area contributed by atoms with E-state index in [-0.39, 0.29) is 11.4 Å². The zero-order valence-corrected chi connectivity index (χ0v) is 10.0. The van der Waals surface area contributed by atoms with E-state index in [1.807, 2.05) is 0 Å². The predicted molar refractivity (Wildman–Crippen MR) is 66.3 cm³/mol. The van der Waals surface area contributed by atoms with Crippen LogP contribution >= 0.6 is 0 Å². The Kier molecular flexibility index (Phi) is 3.19. The van der Waals surface area contributed by atoms with E-state index in [1.165, 1.54) is 18.0 Å². The molecule has 0 aliphatic rings. The first kappa shape index (κ1) is 12.6. The van der Waals surface area contributed by atoms with Gasteiger partial charge >= 0.3 is 11.9 Å². The number of methoxy groups -OCH3 is 1. The molecule has 1 aromatic carbocycles. The number of nitrogen functional groups attached to an aromatic ring is 1. The fraction of sp³-hybridized carbons (Fsp3) is 0.0833. The number of esters is 1. The number of carbonyl (C=O) groups excluding carboxylic acids is 1. The fourth-order valence-corrected chi connectivity index (χ4v) is 1.58. The van der Waals surface area contributed by atoms with Crippen molar-refractivity contribution in [1.29, 1.82) is 0 Å². The van der Waals surface area contributed by atoms with Crippen molar-refractivity contribution >= 4 is 17.8 Å². The molecule has 2 rings (SSSR count). The van der Waals surface area contributed by atoms with Gasteiger partial charge in [0.15, 0.2) is 0 Å². The fourth-order valence-electron chi connectivity index (χ4n) is 1.58. The van der Waals surface area contributed by atoms with Crippen LogP contribution < -0.4 is 5.73 Å². The molecule has 2 aromatic rings. The number of carboxylic acids is 1. The van der Waals surface area contributed by atoms with Gasteiger partial charge in [-0.05, 0) is 24.3 Å². The highest BCUT2D eigenvalue weighted by Gasteiger charge is 2.15. The van der Waals surface area contributed by atoms with E-state index in [1.54, 1.807) is 24.3 Å². The van der Waals surface area contributed by atoms with Crippen LogP contribution in [0, 0.1) is 0 Å². The molecule has 3 N–H and O–H groups in total. The highest BCUT2D eigenvalue weighted by Crippen LogP contribution is 2.17. The summed E-state index contributed by atoms with van der Waals surface area (Å²) in [5, 5.41) is 12.8. The summed E-state index contributed by atoms with van der Waals surface area (Å²) in [6.45, 7) is 0. The van der Waals surface area contributed by atoms with E-state index in [0.29, 0.717) is 11.3 Å². The summed E-state index contributed by atoms with van der Waals surface area (Å²) in [6.07, 6.45) is 1.17. The molecular weight excluding hydrogens is 250 g/mol. The summed E-state index contributed by atoms with van der Waals surface area (Å²) in [5.74, 6) is -1.57. The van der Waals surface area contributed by atoms with Crippen molar-refractivity contribution in [3.05, 3.63) is 41.6 Å². The molecule has 19 heavy (non-hydrogen) atoms. The summed E-state index contributed by atoms with van der Waals surface area (Å²) >= 11 is 0. The van der Waals surface area contributed by atoms with Crippen molar-refractivity contribution < 1.29 is 19.4 Å². The quantitative estimate of drug-likeness (QED) is 0.796. The number of hydrogen-bond donors (Lipinski definition) is 2. The van der Waals surface area contributed by atoms with E-state index < -0.39 is 11.9 Å². The molecule has 0 saturated heterocycles.